The molecule has 1 N–H and O–H groups in total. The molecule has 1 atom stereocenters. The van der Waals surface area contributed by atoms with Gasteiger partial charge in [-0.1, -0.05) is 49.6 Å². The van der Waals surface area contributed by atoms with Crippen molar-refractivity contribution < 1.29 is 22.4 Å². The second-order valence-electron chi connectivity index (χ2n) is 14.1. The van der Waals surface area contributed by atoms with E-state index in [0.717, 1.165) is 60.4 Å². The Labute approximate surface area is 261 Å². The summed E-state index contributed by atoms with van der Waals surface area (Å²) in [6.45, 7) is 1.00. The molecule has 5 saturated carbocycles. The second kappa shape index (κ2) is 12.5. The van der Waals surface area contributed by atoms with Gasteiger partial charge in [0.05, 0.1) is 11.9 Å². The minimum atomic E-state index is -3.84. The first-order valence-electron chi connectivity index (χ1n) is 16.4. The normalized spacial score (nSPS) is 27.1. The minimum absolute atomic E-state index is 0.0455. The number of hydrogen-bond acceptors (Lipinski definition) is 4. The lowest BCUT2D eigenvalue weighted by Crippen LogP contribution is -2.53. The lowest BCUT2D eigenvalue weighted by molar-refractivity contribution is -0.139. The molecule has 5 aliphatic carbocycles. The van der Waals surface area contributed by atoms with E-state index in [1.54, 1.807) is 25.1 Å². The molecular formula is C35H46FN3O4S. The van der Waals surface area contributed by atoms with Gasteiger partial charge in [-0.3, -0.25) is 13.9 Å². The third-order valence-electron chi connectivity index (χ3n) is 10.9. The van der Waals surface area contributed by atoms with Crippen LogP contribution in [0.3, 0.4) is 0 Å². The van der Waals surface area contributed by atoms with E-state index in [-0.39, 0.29) is 29.5 Å². The first-order chi connectivity index (χ1) is 21.0. The molecule has 0 aromatic heterocycles. The summed E-state index contributed by atoms with van der Waals surface area (Å²) in [5.74, 6) is 1.03. The summed E-state index contributed by atoms with van der Waals surface area (Å²) in [5, 5.41) is 3.07. The third-order valence-corrected chi connectivity index (χ3v) is 12.0. The van der Waals surface area contributed by atoms with E-state index >= 15 is 0 Å². The molecule has 2 amide bonds. The third kappa shape index (κ3) is 6.53. The monoisotopic (exact) mass is 623 g/mol. The maximum Gasteiger partial charge on any atom is 0.244 e. The van der Waals surface area contributed by atoms with Crippen LogP contribution in [0.1, 0.15) is 88.7 Å². The number of amides is 2. The summed E-state index contributed by atoms with van der Waals surface area (Å²) in [4.78, 5) is 28.6. The zero-order valence-electron chi connectivity index (χ0n) is 26.0. The van der Waals surface area contributed by atoms with Crippen LogP contribution in [-0.4, -0.2) is 50.0 Å². The number of nitrogens with one attached hydrogen (secondary N) is 1. The van der Waals surface area contributed by atoms with Crippen LogP contribution in [0.4, 0.5) is 10.1 Å². The molecule has 7 nitrogen and oxygen atoms in total. The summed E-state index contributed by atoms with van der Waals surface area (Å²) in [6, 6.07) is 13.0. The highest BCUT2D eigenvalue weighted by Gasteiger charge is 2.51. The van der Waals surface area contributed by atoms with Crippen molar-refractivity contribution in [2.75, 3.05) is 17.1 Å². The van der Waals surface area contributed by atoms with Crippen molar-refractivity contribution in [2.45, 2.75) is 102 Å². The van der Waals surface area contributed by atoms with Gasteiger partial charge >= 0.3 is 0 Å². The summed E-state index contributed by atoms with van der Waals surface area (Å²) in [5.41, 5.74) is 2.13. The van der Waals surface area contributed by atoms with Crippen LogP contribution < -0.4 is 9.62 Å². The van der Waals surface area contributed by atoms with Crippen LogP contribution >= 0.6 is 0 Å². The Kier molecular flexibility index (Phi) is 8.79. The predicted octanol–water partition coefficient (Wildman–Crippen LogP) is 5.93. The Morgan fingerprint density at radius 3 is 2.09 bits per heavy atom. The molecule has 5 fully saturated rings. The Morgan fingerprint density at radius 2 is 1.52 bits per heavy atom. The fraction of sp³-hybridized carbons (Fsp3) is 0.600. The summed E-state index contributed by atoms with van der Waals surface area (Å²) in [6.07, 6.45) is 13.8. The highest BCUT2D eigenvalue weighted by atomic mass is 32.2. The van der Waals surface area contributed by atoms with Crippen molar-refractivity contribution in [3.8, 4) is 0 Å². The zero-order chi connectivity index (χ0) is 31.1. The van der Waals surface area contributed by atoms with Gasteiger partial charge in [0, 0.05) is 18.2 Å². The van der Waals surface area contributed by atoms with Crippen LogP contribution in [0.2, 0.25) is 0 Å². The predicted molar refractivity (Wildman–Crippen MR) is 170 cm³/mol. The number of halogens is 1. The first-order valence-corrected chi connectivity index (χ1v) is 18.3. The fourth-order valence-corrected chi connectivity index (χ4v) is 9.87. The van der Waals surface area contributed by atoms with E-state index < -0.39 is 34.3 Å². The number of anilines is 1. The van der Waals surface area contributed by atoms with Crippen LogP contribution in [-0.2, 0) is 31.6 Å². The molecule has 44 heavy (non-hydrogen) atoms. The van der Waals surface area contributed by atoms with Crippen LogP contribution in [0.5, 0.6) is 0 Å². The Morgan fingerprint density at radius 1 is 0.932 bits per heavy atom. The summed E-state index contributed by atoms with van der Waals surface area (Å²) >= 11 is 0. The fourth-order valence-electron chi connectivity index (χ4n) is 9.02. The number of carbonyl (C=O) groups is 2. The minimum Gasteiger partial charge on any atom is -0.352 e. The van der Waals surface area contributed by atoms with Crippen LogP contribution in [0.15, 0.2) is 48.5 Å². The highest BCUT2D eigenvalue weighted by molar-refractivity contribution is 7.92. The van der Waals surface area contributed by atoms with Gasteiger partial charge in [0.15, 0.2) is 0 Å². The van der Waals surface area contributed by atoms with E-state index in [9.17, 15) is 22.4 Å². The standard InChI is InChI=1S/C35H46FN3O4S/c1-24(34(41)37-30-9-4-3-5-10-30)38(22-28-8-6-7-11-32(28)36)33(40)23-39(44(2,42)43)31-14-12-29(13-15-31)35-19-25-16-26(20-35)18-27(17-25)21-35/h6-8,11-15,24-27,30H,3-5,9-10,16-23H2,1-2H3,(H,37,41). The molecule has 0 aliphatic heterocycles. The van der Waals surface area contributed by atoms with Gasteiger partial charge in [-0.2, -0.15) is 0 Å². The van der Waals surface area contributed by atoms with Gasteiger partial charge in [-0.25, -0.2) is 12.8 Å². The quantitative estimate of drug-likeness (QED) is 0.356. The van der Waals surface area contributed by atoms with Gasteiger partial charge < -0.3 is 10.2 Å². The number of benzene rings is 2. The molecule has 0 spiro atoms. The van der Waals surface area contributed by atoms with E-state index in [2.05, 4.69) is 17.4 Å². The lowest BCUT2D eigenvalue weighted by atomic mass is 9.48. The molecular weight excluding hydrogens is 577 g/mol. The molecule has 1 unspecified atom stereocenters. The van der Waals surface area contributed by atoms with E-state index in [1.165, 1.54) is 55.1 Å². The SMILES string of the molecule is CC(C(=O)NC1CCCCC1)N(Cc1ccccc1F)C(=O)CN(c1ccc(C23CC4CC(CC(C4)C2)C3)cc1)S(C)(=O)=O. The molecule has 2 aromatic rings. The van der Waals surface area contributed by atoms with Crippen molar-refractivity contribution in [2.24, 2.45) is 17.8 Å². The smallest absolute Gasteiger partial charge is 0.244 e. The maximum atomic E-state index is 14.7. The van der Waals surface area contributed by atoms with Crippen molar-refractivity contribution in [1.82, 2.24) is 10.2 Å². The molecule has 5 aliphatic rings. The maximum absolute atomic E-state index is 14.7. The Hall–Kier alpha value is -2.94. The van der Waals surface area contributed by atoms with Gasteiger partial charge in [0.25, 0.3) is 0 Å². The van der Waals surface area contributed by atoms with Gasteiger partial charge in [-0.05, 0) is 105 Å². The van der Waals surface area contributed by atoms with Gasteiger partial charge in [0.1, 0.15) is 18.4 Å². The topological polar surface area (TPSA) is 86.8 Å². The van der Waals surface area contributed by atoms with Gasteiger partial charge in [-0.15, -0.1) is 0 Å². The molecule has 238 valence electrons. The van der Waals surface area contributed by atoms with E-state index in [0.29, 0.717) is 5.69 Å². The lowest BCUT2D eigenvalue weighted by Gasteiger charge is -2.57. The average molecular weight is 624 g/mol. The zero-order valence-corrected chi connectivity index (χ0v) is 26.8. The van der Waals surface area contributed by atoms with Crippen molar-refractivity contribution in [1.29, 1.82) is 0 Å². The molecule has 9 heteroatoms. The van der Waals surface area contributed by atoms with E-state index in [1.807, 2.05) is 12.1 Å². The largest absolute Gasteiger partial charge is 0.352 e. The summed E-state index contributed by atoms with van der Waals surface area (Å²) in [7, 11) is -3.84. The molecule has 0 saturated heterocycles. The number of hydrogen-bond donors (Lipinski definition) is 1. The number of sulfonamides is 1. The van der Waals surface area contributed by atoms with Crippen molar-refractivity contribution >= 4 is 27.5 Å². The number of rotatable bonds is 10. The second-order valence-corrected chi connectivity index (χ2v) is 16.1. The first kappa shape index (κ1) is 31.1. The molecule has 7 rings (SSSR count). The molecule has 0 radical (unpaired) electrons. The number of nitrogens with zero attached hydrogens (tertiary/aromatic N) is 2. The Bertz CT molecular complexity index is 1440. The molecule has 2 aromatic carbocycles. The van der Waals surface area contributed by atoms with Gasteiger partial charge in [0.2, 0.25) is 21.8 Å². The van der Waals surface area contributed by atoms with Crippen molar-refractivity contribution in [3.63, 3.8) is 0 Å². The molecule has 0 heterocycles. The van der Waals surface area contributed by atoms with Crippen molar-refractivity contribution in [3.05, 3.63) is 65.5 Å². The number of carbonyl (C=O) groups excluding carboxylic acids is 2. The van der Waals surface area contributed by atoms with Crippen LogP contribution in [0.25, 0.3) is 0 Å². The molecule has 4 bridgehead atoms. The van der Waals surface area contributed by atoms with E-state index in [4.69, 9.17) is 0 Å². The highest BCUT2D eigenvalue weighted by Crippen LogP contribution is 2.60. The Balaban J connectivity index is 1.23. The average Bonchev–Trinajstić information content (AvgIpc) is 2.98. The summed E-state index contributed by atoms with van der Waals surface area (Å²) < 4.78 is 42.0. The van der Waals surface area contributed by atoms with Crippen LogP contribution in [0, 0.1) is 23.6 Å².